The van der Waals surface area contributed by atoms with Crippen LogP contribution in [0.3, 0.4) is 0 Å². The summed E-state index contributed by atoms with van der Waals surface area (Å²) in [6, 6.07) is 0. The quantitative estimate of drug-likeness (QED) is 0.264. The predicted molar refractivity (Wildman–Crippen MR) is 105 cm³/mol. The van der Waals surface area contributed by atoms with Gasteiger partial charge in [-0.05, 0) is 85.9 Å². The third-order valence-corrected chi connectivity index (χ3v) is 8.77. The Morgan fingerprint density at radius 1 is 1.15 bits per heavy atom. The van der Waals surface area contributed by atoms with Gasteiger partial charge in [0.05, 0.1) is 6.10 Å². The summed E-state index contributed by atoms with van der Waals surface area (Å²) in [6.45, 7) is 8.99. The molecule has 0 heterocycles. The van der Waals surface area contributed by atoms with Gasteiger partial charge in [-0.25, -0.2) is 5.84 Å². The van der Waals surface area contributed by atoms with Crippen molar-refractivity contribution >= 4 is 5.91 Å². The zero-order chi connectivity index (χ0) is 19.1. The second-order valence-corrected chi connectivity index (χ2v) is 9.85. The standard InChI is InChI=1S/C20H32O.C2H6N2O/c1-13-4-7-17-16-6-5-14-12-15(21)8-10-20(14,3)18(16)9-11-19(13,17)2;1-2(5)4-3/h12-13,15-18,21H,4-11H2,1-3H3;3H2,1H3,(H,4,5)/t13?,15-,16?,17?,18?,19?,20?;/m1./s1. The highest BCUT2D eigenvalue weighted by molar-refractivity contribution is 5.71. The minimum absolute atomic E-state index is 0.162. The summed E-state index contributed by atoms with van der Waals surface area (Å²) in [4.78, 5) is 9.58. The number of hydrazine groups is 1. The van der Waals surface area contributed by atoms with Crippen molar-refractivity contribution in [1.29, 1.82) is 0 Å². The van der Waals surface area contributed by atoms with Gasteiger partial charge in [0.1, 0.15) is 0 Å². The zero-order valence-corrected chi connectivity index (χ0v) is 17.1. The van der Waals surface area contributed by atoms with Crippen LogP contribution < -0.4 is 11.3 Å². The summed E-state index contributed by atoms with van der Waals surface area (Å²) in [7, 11) is 0. The maximum atomic E-state index is 10.0. The molecule has 4 aliphatic carbocycles. The van der Waals surface area contributed by atoms with Crippen molar-refractivity contribution in [2.75, 3.05) is 0 Å². The van der Waals surface area contributed by atoms with E-state index in [9.17, 15) is 9.90 Å². The molecule has 0 aromatic heterocycles. The highest BCUT2D eigenvalue weighted by Crippen LogP contribution is 2.66. The van der Waals surface area contributed by atoms with Crippen molar-refractivity contribution in [1.82, 2.24) is 5.43 Å². The summed E-state index contributed by atoms with van der Waals surface area (Å²) in [6.07, 6.45) is 12.8. The van der Waals surface area contributed by atoms with Crippen LogP contribution in [0.2, 0.25) is 0 Å². The van der Waals surface area contributed by atoms with E-state index in [1.54, 1.807) is 5.57 Å². The van der Waals surface area contributed by atoms with Crippen LogP contribution in [0.25, 0.3) is 0 Å². The molecule has 148 valence electrons. The molecule has 26 heavy (non-hydrogen) atoms. The number of hydrogen-bond donors (Lipinski definition) is 3. The fourth-order valence-corrected chi connectivity index (χ4v) is 6.97. The highest BCUT2D eigenvalue weighted by Gasteiger charge is 2.57. The normalized spacial score (nSPS) is 46.7. The minimum atomic E-state index is -0.218. The summed E-state index contributed by atoms with van der Waals surface area (Å²) in [5, 5.41) is 10.0. The Hall–Kier alpha value is -0.870. The van der Waals surface area contributed by atoms with Crippen LogP contribution in [0, 0.1) is 34.5 Å². The van der Waals surface area contributed by atoms with Gasteiger partial charge < -0.3 is 5.11 Å². The zero-order valence-electron chi connectivity index (χ0n) is 17.1. The molecular formula is C22H38N2O2. The van der Waals surface area contributed by atoms with E-state index in [2.05, 4.69) is 32.7 Å². The molecule has 4 heteroatoms. The molecule has 4 rings (SSSR count). The first kappa shape index (κ1) is 19.9. The summed E-state index contributed by atoms with van der Waals surface area (Å²) in [5.74, 6) is 8.13. The Bertz CT molecular complexity index is 574. The van der Waals surface area contributed by atoms with Crippen molar-refractivity contribution in [2.24, 2.45) is 40.3 Å². The monoisotopic (exact) mass is 362 g/mol. The van der Waals surface area contributed by atoms with Crippen LogP contribution in [-0.4, -0.2) is 17.1 Å². The molecule has 0 spiro atoms. The summed E-state index contributed by atoms with van der Waals surface area (Å²) >= 11 is 0. The molecule has 1 amide bonds. The van der Waals surface area contributed by atoms with Gasteiger partial charge in [0.15, 0.2) is 0 Å². The molecular weight excluding hydrogens is 324 g/mol. The lowest BCUT2D eigenvalue weighted by molar-refractivity contribution is -0.119. The lowest BCUT2D eigenvalue weighted by Crippen LogP contribution is -2.50. The van der Waals surface area contributed by atoms with Gasteiger partial charge in [-0.2, -0.15) is 0 Å². The van der Waals surface area contributed by atoms with E-state index in [0.717, 1.165) is 30.1 Å². The largest absolute Gasteiger partial charge is 0.389 e. The smallest absolute Gasteiger partial charge is 0.230 e. The maximum Gasteiger partial charge on any atom is 0.230 e. The van der Waals surface area contributed by atoms with Gasteiger partial charge in [0.25, 0.3) is 0 Å². The van der Waals surface area contributed by atoms with Crippen LogP contribution in [0.15, 0.2) is 11.6 Å². The molecule has 0 radical (unpaired) electrons. The van der Waals surface area contributed by atoms with Crippen molar-refractivity contribution in [3.8, 4) is 0 Å². The van der Waals surface area contributed by atoms with Gasteiger partial charge in [-0.3, -0.25) is 10.2 Å². The first-order valence-corrected chi connectivity index (χ1v) is 10.6. The SMILES string of the molecule is CC(=O)NN.CC1CCC2C3CCC4=C[C@H](O)CCC4(C)C3CCC12C. The van der Waals surface area contributed by atoms with Crippen molar-refractivity contribution in [3.05, 3.63) is 11.6 Å². The fraction of sp³-hybridized carbons (Fsp3) is 0.864. The molecule has 7 atom stereocenters. The van der Waals surface area contributed by atoms with Crippen LogP contribution >= 0.6 is 0 Å². The topological polar surface area (TPSA) is 75.4 Å². The average Bonchev–Trinajstić information content (AvgIpc) is 2.91. The number of fused-ring (bicyclic) bond motifs is 5. The molecule has 0 aromatic carbocycles. The summed E-state index contributed by atoms with van der Waals surface area (Å²) < 4.78 is 0. The Labute approximate surface area is 159 Å². The van der Waals surface area contributed by atoms with E-state index < -0.39 is 0 Å². The fourth-order valence-electron chi connectivity index (χ4n) is 6.97. The van der Waals surface area contributed by atoms with E-state index in [1.807, 2.05) is 5.43 Å². The van der Waals surface area contributed by atoms with Crippen LogP contribution in [0.4, 0.5) is 0 Å². The number of amides is 1. The van der Waals surface area contributed by atoms with E-state index in [-0.39, 0.29) is 12.0 Å². The van der Waals surface area contributed by atoms with E-state index >= 15 is 0 Å². The number of nitrogens with two attached hydrogens (primary N) is 1. The number of allylic oxidation sites excluding steroid dienone is 1. The maximum absolute atomic E-state index is 10.0. The van der Waals surface area contributed by atoms with Crippen LogP contribution in [0.1, 0.15) is 79.1 Å². The molecule has 0 saturated heterocycles. The average molecular weight is 363 g/mol. The van der Waals surface area contributed by atoms with Gasteiger partial charge >= 0.3 is 0 Å². The molecule has 0 bridgehead atoms. The molecule has 3 fully saturated rings. The number of nitrogens with one attached hydrogen (secondary N) is 1. The first-order chi connectivity index (χ1) is 12.2. The first-order valence-electron chi connectivity index (χ1n) is 10.6. The van der Waals surface area contributed by atoms with Gasteiger partial charge in [0.2, 0.25) is 5.91 Å². The minimum Gasteiger partial charge on any atom is -0.389 e. The van der Waals surface area contributed by atoms with Crippen LogP contribution in [-0.2, 0) is 4.79 Å². The van der Waals surface area contributed by atoms with E-state index in [0.29, 0.717) is 10.8 Å². The van der Waals surface area contributed by atoms with Gasteiger partial charge in [-0.1, -0.05) is 32.4 Å². The number of aliphatic hydroxyl groups excluding tert-OH is 1. The number of rotatable bonds is 0. The molecule has 6 unspecified atom stereocenters. The Balaban J connectivity index is 0.000000349. The Morgan fingerprint density at radius 2 is 1.85 bits per heavy atom. The van der Waals surface area contributed by atoms with Gasteiger partial charge in [0, 0.05) is 6.92 Å². The third-order valence-electron chi connectivity index (χ3n) is 8.77. The van der Waals surface area contributed by atoms with Crippen LogP contribution in [0.5, 0.6) is 0 Å². The number of carbonyl (C=O) groups is 1. The number of aliphatic hydroxyl groups is 1. The Kier molecular flexibility index (Phi) is 5.56. The molecule has 4 aliphatic rings. The van der Waals surface area contributed by atoms with Gasteiger partial charge in [-0.15, -0.1) is 0 Å². The van der Waals surface area contributed by atoms with E-state index in [1.165, 1.54) is 51.9 Å². The number of carbonyl (C=O) groups excluding carboxylic acids is 1. The molecule has 4 nitrogen and oxygen atoms in total. The summed E-state index contributed by atoms with van der Waals surface area (Å²) in [5.41, 5.74) is 4.54. The van der Waals surface area contributed by atoms with Crippen molar-refractivity contribution in [3.63, 3.8) is 0 Å². The second-order valence-electron chi connectivity index (χ2n) is 9.85. The lowest BCUT2D eigenvalue weighted by Gasteiger charge is -2.58. The molecule has 4 N–H and O–H groups in total. The van der Waals surface area contributed by atoms with E-state index in [4.69, 9.17) is 0 Å². The molecule has 3 saturated carbocycles. The highest BCUT2D eigenvalue weighted by atomic mass is 16.3. The lowest BCUT2D eigenvalue weighted by atomic mass is 9.47. The third kappa shape index (κ3) is 3.24. The van der Waals surface area contributed by atoms with Crippen molar-refractivity contribution in [2.45, 2.75) is 85.2 Å². The number of hydrogen-bond acceptors (Lipinski definition) is 3. The van der Waals surface area contributed by atoms with Crippen molar-refractivity contribution < 1.29 is 9.90 Å². The Morgan fingerprint density at radius 3 is 2.50 bits per heavy atom. The molecule has 0 aliphatic heterocycles. The molecule has 0 aromatic rings. The second kappa shape index (κ2) is 7.27. The predicted octanol–water partition coefficient (Wildman–Crippen LogP) is 3.94.